The Bertz CT molecular complexity index is 1530. The number of carboxylic acid groups (broad SMARTS) is 1. The maximum Gasteiger partial charge on any atom is 0.308 e. The van der Waals surface area contributed by atoms with E-state index in [9.17, 15) is 23.1 Å². The van der Waals surface area contributed by atoms with Gasteiger partial charge in [-0.3, -0.25) is 4.79 Å². The lowest BCUT2D eigenvalue weighted by molar-refractivity contribution is -0.148. The highest BCUT2D eigenvalue weighted by molar-refractivity contribution is 5.92. The second-order valence-electron chi connectivity index (χ2n) is 9.65. The molecule has 3 saturated carbocycles. The normalized spacial score (nSPS) is 22.9. The van der Waals surface area contributed by atoms with E-state index in [4.69, 9.17) is 0 Å². The smallest absolute Gasteiger partial charge is 0.308 e. The van der Waals surface area contributed by atoms with Gasteiger partial charge >= 0.3 is 5.97 Å². The fourth-order valence-corrected chi connectivity index (χ4v) is 5.83. The first-order valence-electron chi connectivity index (χ1n) is 12.0. The number of hydrogen-bond donors (Lipinski definition) is 3. The number of nitrogens with zero attached hydrogens (tertiary/aromatic N) is 3. The van der Waals surface area contributed by atoms with Crippen molar-refractivity contribution in [3.05, 3.63) is 59.9 Å². The van der Waals surface area contributed by atoms with Crippen LogP contribution in [0.3, 0.4) is 0 Å². The summed E-state index contributed by atoms with van der Waals surface area (Å²) >= 11 is 0. The van der Waals surface area contributed by atoms with E-state index < -0.39 is 41.2 Å². The number of fused-ring (bicyclic) bond motifs is 4. The number of aromatic amines is 1. The molecule has 1 aromatic carbocycles. The number of hydrogen-bond acceptors (Lipinski definition) is 5. The number of nitrogens with one attached hydrogen (secondary N) is 2. The van der Waals surface area contributed by atoms with Gasteiger partial charge in [-0.15, -0.1) is 0 Å². The Kier molecular flexibility index (Phi) is 5.58. The molecule has 3 aliphatic rings. The van der Waals surface area contributed by atoms with Gasteiger partial charge in [-0.25, -0.2) is 32.5 Å². The molecule has 3 heterocycles. The van der Waals surface area contributed by atoms with Gasteiger partial charge in [0.25, 0.3) is 0 Å². The van der Waals surface area contributed by atoms with Gasteiger partial charge in [0.1, 0.15) is 17.2 Å². The summed E-state index contributed by atoms with van der Waals surface area (Å²) in [5.41, 5.74) is 0.322. The number of aliphatic carboxylic acids is 1. The number of rotatable bonds is 5. The monoisotopic (exact) mass is 511 g/mol. The van der Waals surface area contributed by atoms with Gasteiger partial charge in [0.2, 0.25) is 0 Å². The number of anilines is 1. The molecule has 2 atom stereocenters. The molecule has 0 radical (unpaired) electrons. The predicted octanol–water partition coefficient (Wildman–Crippen LogP) is 5.54. The zero-order valence-electron chi connectivity index (χ0n) is 19.3. The number of halogens is 4. The number of carboxylic acids is 1. The third-order valence-corrected chi connectivity index (χ3v) is 7.59. The standard InChI is InChI=1S/C26H21F4N5O2/c27-14-8-15-16(10-32-23(15)31-9-14)24-34-22(13-5-6-17(28)18(29)7-13)20(30)25(35-24)33-21-12-3-1-11(2-4-12)19(21)26(36)37/h5-12,19,21H,1-4H2,(H,31,32)(H,36,37)(H,33,34,35). The molecular weight excluding hydrogens is 490 g/mol. The van der Waals surface area contributed by atoms with Crippen LogP contribution in [-0.4, -0.2) is 37.1 Å². The Labute approximate surface area is 208 Å². The average Bonchev–Trinajstić information content (AvgIpc) is 3.30. The van der Waals surface area contributed by atoms with Crippen LogP contribution < -0.4 is 5.32 Å². The van der Waals surface area contributed by atoms with Gasteiger partial charge in [0.15, 0.2) is 29.1 Å². The molecule has 0 aliphatic heterocycles. The number of H-pyrrole nitrogens is 1. The molecule has 0 saturated heterocycles. The maximum atomic E-state index is 15.9. The topological polar surface area (TPSA) is 104 Å². The number of aromatic nitrogens is 4. The molecule has 3 aliphatic carbocycles. The molecule has 7 nitrogen and oxygen atoms in total. The molecule has 4 aromatic rings. The van der Waals surface area contributed by atoms with Gasteiger partial charge in [-0.05, 0) is 61.8 Å². The zero-order chi connectivity index (χ0) is 25.8. The van der Waals surface area contributed by atoms with Crippen LogP contribution in [-0.2, 0) is 4.79 Å². The van der Waals surface area contributed by atoms with Gasteiger partial charge in [0, 0.05) is 28.8 Å². The lowest BCUT2D eigenvalue weighted by atomic mass is 9.61. The van der Waals surface area contributed by atoms with Crippen LogP contribution in [0, 0.1) is 41.0 Å². The molecule has 190 valence electrons. The first-order valence-corrected chi connectivity index (χ1v) is 12.0. The van der Waals surface area contributed by atoms with Crippen molar-refractivity contribution in [2.75, 3.05) is 5.32 Å². The summed E-state index contributed by atoms with van der Waals surface area (Å²) < 4.78 is 57.5. The van der Waals surface area contributed by atoms with Crippen LogP contribution in [0.5, 0.6) is 0 Å². The van der Waals surface area contributed by atoms with Crippen LogP contribution in [0.4, 0.5) is 23.4 Å². The lowest BCUT2D eigenvalue weighted by Gasteiger charge is -2.47. The van der Waals surface area contributed by atoms with Gasteiger partial charge in [-0.2, -0.15) is 0 Å². The first kappa shape index (κ1) is 23.4. The molecule has 11 heteroatoms. The van der Waals surface area contributed by atoms with Crippen LogP contribution >= 0.6 is 0 Å². The SMILES string of the molecule is O=C(O)C1C2CCC(CC2)C1Nc1nc(-c2c[nH]c3ncc(F)cc23)nc(-c2ccc(F)c(F)c2)c1F. The van der Waals surface area contributed by atoms with Crippen LogP contribution in [0.2, 0.25) is 0 Å². The van der Waals surface area contributed by atoms with Crippen molar-refractivity contribution < 1.29 is 27.5 Å². The molecule has 3 N–H and O–H groups in total. The fourth-order valence-electron chi connectivity index (χ4n) is 5.83. The molecule has 0 amide bonds. The summed E-state index contributed by atoms with van der Waals surface area (Å²) in [5, 5.41) is 13.3. The molecular formula is C26H21F4N5O2. The quantitative estimate of drug-likeness (QED) is 0.304. The molecule has 3 aromatic heterocycles. The predicted molar refractivity (Wildman–Crippen MR) is 126 cm³/mol. The second-order valence-corrected chi connectivity index (χ2v) is 9.65. The summed E-state index contributed by atoms with van der Waals surface area (Å²) in [6.07, 6.45) is 5.75. The molecule has 3 fully saturated rings. The number of carbonyl (C=O) groups is 1. The van der Waals surface area contributed by atoms with E-state index in [1.165, 1.54) is 18.3 Å². The van der Waals surface area contributed by atoms with E-state index >= 15 is 4.39 Å². The first-order chi connectivity index (χ1) is 17.8. The van der Waals surface area contributed by atoms with Crippen LogP contribution in [0.25, 0.3) is 33.7 Å². The van der Waals surface area contributed by atoms with Crippen molar-refractivity contribution >= 4 is 22.8 Å². The maximum absolute atomic E-state index is 15.9. The van der Waals surface area contributed by atoms with Crippen LogP contribution in [0.1, 0.15) is 25.7 Å². The number of pyridine rings is 1. The largest absolute Gasteiger partial charge is 0.481 e. The van der Waals surface area contributed by atoms with Crippen molar-refractivity contribution in [1.29, 1.82) is 0 Å². The summed E-state index contributed by atoms with van der Waals surface area (Å²) in [5.74, 6) is -5.77. The summed E-state index contributed by atoms with van der Waals surface area (Å²) in [7, 11) is 0. The minimum Gasteiger partial charge on any atom is -0.481 e. The third-order valence-electron chi connectivity index (χ3n) is 7.59. The van der Waals surface area contributed by atoms with E-state index in [1.807, 2.05) is 0 Å². The molecule has 37 heavy (non-hydrogen) atoms. The van der Waals surface area contributed by atoms with Crippen molar-refractivity contribution in [2.24, 2.45) is 17.8 Å². The minimum absolute atomic E-state index is 0.0158. The van der Waals surface area contributed by atoms with E-state index in [0.29, 0.717) is 16.6 Å². The zero-order valence-corrected chi connectivity index (χ0v) is 19.3. The lowest BCUT2D eigenvalue weighted by Crippen LogP contribution is -2.51. The fraction of sp³-hybridized carbons (Fsp3) is 0.308. The average molecular weight is 511 g/mol. The summed E-state index contributed by atoms with van der Waals surface area (Å²) in [6.45, 7) is 0. The van der Waals surface area contributed by atoms with Gasteiger partial charge < -0.3 is 15.4 Å². The Balaban J connectivity index is 1.51. The molecule has 7 rings (SSSR count). The highest BCUT2D eigenvalue weighted by atomic mass is 19.2. The van der Waals surface area contributed by atoms with E-state index in [0.717, 1.165) is 44.0 Å². The summed E-state index contributed by atoms with van der Waals surface area (Å²) in [4.78, 5) is 27.7. The van der Waals surface area contributed by atoms with Crippen molar-refractivity contribution in [2.45, 2.75) is 31.7 Å². The Morgan fingerprint density at radius 1 is 1.00 bits per heavy atom. The molecule has 2 unspecified atom stereocenters. The Morgan fingerprint density at radius 3 is 2.49 bits per heavy atom. The van der Waals surface area contributed by atoms with Crippen molar-refractivity contribution in [3.63, 3.8) is 0 Å². The highest BCUT2D eigenvalue weighted by Gasteiger charge is 2.47. The van der Waals surface area contributed by atoms with E-state index in [1.54, 1.807) is 0 Å². The van der Waals surface area contributed by atoms with Crippen molar-refractivity contribution in [3.8, 4) is 22.6 Å². The number of benzene rings is 1. The van der Waals surface area contributed by atoms with E-state index in [2.05, 4.69) is 25.3 Å². The van der Waals surface area contributed by atoms with Gasteiger partial charge in [0.05, 0.1) is 12.1 Å². The third kappa shape index (κ3) is 3.98. The molecule has 0 spiro atoms. The minimum atomic E-state index is -1.18. The van der Waals surface area contributed by atoms with Gasteiger partial charge in [-0.1, -0.05) is 0 Å². The van der Waals surface area contributed by atoms with Crippen molar-refractivity contribution in [1.82, 2.24) is 19.9 Å². The highest BCUT2D eigenvalue weighted by Crippen LogP contribution is 2.46. The van der Waals surface area contributed by atoms with E-state index in [-0.39, 0.29) is 34.7 Å². The Hall–Kier alpha value is -4.02. The molecule has 2 bridgehead atoms. The Morgan fingerprint density at radius 2 is 1.76 bits per heavy atom. The summed E-state index contributed by atoms with van der Waals surface area (Å²) in [6, 6.07) is 3.54. The second kappa shape index (κ2) is 8.82. The van der Waals surface area contributed by atoms with Crippen LogP contribution in [0.15, 0.2) is 36.7 Å².